The van der Waals surface area contributed by atoms with Crippen LogP contribution in [-0.4, -0.2) is 6.26 Å². The van der Waals surface area contributed by atoms with Gasteiger partial charge in [-0.3, -0.25) is 0 Å². The van der Waals surface area contributed by atoms with Crippen LogP contribution in [0, 0.1) is 18.6 Å². The Morgan fingerprint density at radius 1 is 1.19 bits per heavy atom. The van der Waals surface area contributed by atoms with Crippen molar-refractivity contribution in [1.82, 2.24) is 0 Å². The lowest BCUT2D eigenvalue weighted by Crippen LogP contribution is -1.96. The highest BCUT2D eigenvalue weighted by atomic mass is 32.2. The summed E-state index contributed by atoms with van der Waals surface area (Å²) in [5.74, 6) is -1.10. The Morgan fingerprint density at radius 3 is 2.57 bits per heavy atom. The molecule has 0 aliphatic carbocycles. The Labute approximate surface area is 128 Å². The molecule has 0 saturated heterocycles. The normalized spacial score (nSPS) is 11.5. The molecule has 0 atom stereocenters. The summed E-state index contributed by atoms with van der Waals surface area (Å²) in [6.07, 6.45) is 4.93. The SMILES string of the molecule is C=C/C=C(\SC)c1c(F)ccc(-c2cccc(C)c2)c1F. The van der Waals surface area contributed by atoms with Crippen LogP contribution in [0.3, 0.4) is 0 Å². The average molecular weight is 302 g/mol. The molecule has 0 aromatic heterocycles. The second-order valence-electron chi connectivity index (χ2n) is 4.62. The first-order valence-corrected chi connectivity index (χ1v) is 7.73. The maximum absolute atomic E-state index is 14.8. The third-order valence-electron chi connectivity index (χ3n) is 3.16. The molecule has 0 spiro atoms. The zero-order chi connectivity index (χ0) is 15.4. The van der Waals surface area contributed by atoms with Crippen LogP contribution in [0.15, 0.2) is 55.1 Å². The van der Waals surface area contributed by atoms with Gasteiger partial charge in [-0.05, 0) is 37.0 Å². The standard InChI is InChI=1S/C18H16F2S/c1-4-6-16(21-3)17-15(19)10-9-14(18(17)20)13-8-5-7-12(2)11-13/h4-11H,1H2,2-3H3/b16-6-. The average Bonchev–Trinajstić information content (AvgIpc) is 2.46. The molecule has 0 unspecified atom stereocenters. The van der Waals surface area contributed by atoms with Gasteiger partial charge in [-0.25, -0.2) is 8.78 Å². The van der Waals surface area contributed by atoms with Gasteiger partial charge in [0.1, 0.15) is 11.6 Å². The van der Waals surface area contributed by atoms with Gasteiger partial charge in [0.2, 0.25) is 0 Å². The number of hydrogen-bond donors (Lipinski definition) is 0. The van der Waals surface area contributed by atoms with Crippen molar-refractivity contribution in [2.45, 2.75) is 6.92 Å². The number of benzene rings is 2. The van der Waals surface area contributed by atoms with Crippen LogP contribution in [-0.2, 0) is 0 Å². The fourth-order valence-corrected chi connectivity index (χ4v) is 2.80. The largest absolute Gasteiger partial charge is 0.206 e. The van der Waals surface area contributed by atoms with E-state index in [4.69, 9.17) is 0 Å². The molecule has 2 aromatic carbocycles. The van der Waals surface area contributed by atoms with Gasteiger partial charge in [-0.2, -0.15) is 0 Å². The molecular formula is C18H16F2S. The lowest BCUT2D eigenvalue weighted by Gasteiger charge is -2.12. The van der Waals surface area contributed by atoms with E-state index in [0.717, 1.165) is 11.1 Å². The Balaban J connectivity index is 2.67. The maximum atomic E-state index is 14.8. The van der Waals surface area contributed by atoms with E-state index in [1.165, 1.54) is 30.0 Å². The van der Waals surface area contributed by atoms with E-state index in [1.807, 2.05) is 31.2 Å². The second kappa shape index (κ2) is 6.72. The molecule has 0 radical (unpaired) electrons. The zero-order valence-electron chi connectivity index (χ0n) is 12.0. The van der Waals surface area contributed by atoms with Crippen LogP contribution in [0.1, 0.15) is 11.1 Å². The van der Waals surface area contributed by atoms with Crippen LogP contribution < -0.4 is 0 Å². The number of aryl methyl sites for hydroxylation is 1. The minimum atomic E-state index is -0.564. The molecule has 0 saturated carbocycles. The smallest absolute Gasteiger partial charge is 0.142 e. The van der Waals surface area contributed by atoms with Crippen molar-refractivity contribution < 1.29 is 8.78 Å². The van der Waals surface area contributed by atoms with Gasteiger partial charge in [0.05, 0.1) is 5.56 Å². The van der Waals surface area contributed by atoms with E-state index in [1.54, 1.807) is 12.3 Å². The molecule has 0 bridgehead atoms. The first-order valence-electron chi connectivity index (χ1n) is 6.50. The van der Waals surface area contributed by atoms with Crippen molar-refractivity contribution in [2.75, 3.05) is 6.26 Å². The molecule has 0 nitrogen and oxygen atoms in total. The Hall–Kier alpha value is -1.87. The van der Waals surface area contributed by atoms with Gasteiger partial charge in [-0.15, -0.1) is 11.8 Å². The van der Waals surface area contributed by atoms with Crippen molar-refractivity contribution in [3.8, 4) is 11.1 Å². The summed E-state index contributed by atoms with van der Waals surface area (Å²) < 4.78 is 28.8. The van der Waals surface area contributed by atoms with E-state index in [-0.39, 0.29) is 5.56 Å². The minimum Gasteiger partial charge on any atom is -0.206 e. The fraction of sp³-hybridized carbons (Fsp3) is 0.111. The summed E-state index contributed by atoms with van der Waals surface area (Å²) in [6, 6.07) is 10.3. The molecule has 108 valence electrons. The second-order valence-corrected chi connectivity index (χ2v) is 5.47. The van der Waals surface area contributed by atoms with E-state index in [2.05, 4.69) is 6.58 Å². The number of thioether (sulfide) groups is 1. The highest BCUT2D eigenvalue weighted by Crippen LogP contribution is 2.35. The molecule has 0 aliphatic rings. The van der Waals surface area contributed by atoms with Gasteiger partial charge in [0, 0.05) is 10.5 Å². The predicted molar refractivity (Wildman–Crippen MR) is 88.2 cm³/mol. The highest BCUT2D eigenvalue weighted by Gasteiger charge is 2.17. The molecule has 3 heteroatoms. The third kappa shape index (κ3) is 3.24. The number of hydrogen-bond acceptors (Lipinski definition) is 1. The monoisotopic (exact) mass is 302 g/mol. The Morgan fingerprint density at radius 2 is 1.95 bits per heavy atom. The molecule has 0 heterocycles. The minimum absolute atomic E-state index is 0.00130. The summed E-state index contributed by atoms with van der Waals surface area (Å²) in [4.78, 5) is 0.523. The van der Waals surface area contributed by atoms with Crippen molar-refractivity contribution in [1.29, 1.82) is 0 Å². The quantitative estimate of drug-likeness (QED) is 0.640. The number of rotatable bonds is 4. The summed E-state index contributed by atoms with van der Waals surface area (Å²) in [5, 5.41) is 0. The van der Waals surface area contributed by atoms with Crippen molar-refractivity contribution in [3.63, 3.8) is 0 Å². The molecule has 0 fully saturated rings. The maximum Gasteiger partial charge on any atom is 0.142 e. The van der Waals surface area contributed by atoms with Crippen LogP contribution in [0.2, 0.25) is 0 Å². The van der Waals surface area contributed by atoms with Crippen LogP contribution in [0.25, 0.3) is 16.0 Å². The van der Waals surface area contributed by atoms with Crippen LogP contribution in [0.5, 0.6) is 0 Å². The molecule has 0 aliphatic heterocycles. The van der Waals surface area contributed by atoms with E-state index < -0.39 is 11.6 Å². The molecule has 2 rings (SSSR count). The Bertz CT molecular complexity index is 702. The van der Waals surface area contributed by atoms with Gasteiger partial charge in [-0.1, -0.05) is 42.5 Å². The summed E-state index contributed by atoms with van der Waals surface area (Å²) in [5.41, 5.74) is 2.18. The summed E-state index contributed by atoms with van der Waals surface area (Å²) >= 11 is 1.29. The van der Waals surface area contributed by atoms with Gasteiger partial charge in [0.25, 0.3) is 0 Å². The summed E-state index contributed by atoms with van der Waals surface area (Å²) in [6.45, 7) is 5.53. The van der Waals surface area contributed by atoms with Crippen LogP contribution in [0.4, 0.5) is 8.78 Å². The first kappa shape index (κ1) is 15.5. The van der Waals surface area contributed by atoms with Gasteiger partial charge < -0.3 is 0 Å². The highest BCUT2D eigenvalue weighted by molar-refractivity contribution is 8.07. The van der Waals surface area contributed by atoms with Crippen molar-refractivity contribution >= 4 is 16.7 Å². The topological polar surface area (TPSA) is 0 Å². The third-order valence-corrected chi connectivity index (χ3v) is 3.94. The molecule has 0 amide bonds. The lowest BCUT2D eigenvalue weighted by atomic mass is 10.00. The Kier molecular flexibility index (Phi) is 4.97. The number of allylic oxidation sites excluding steroid dienone is 2. The van der Waals surface area contributed by atoms with Crippen molar-refractivity contribution in [2.24, 2.45) is 0 Å². The first-order chi connectivity index (χ1) is 10.1. The van der Waals surface area contributed by atoms with Gasteiger partial charge >= 0.3 is 0 Å². The lowest BCUT2D eigenvalue weighted by molar-refractivity contribution is 0.580. The molecule has 2 aromatic rings. The zero-order valence-corrected chi connectivity index (χ0v) is 12.8. The van der Waals surface area contributed by atoms with E-state index in [0.29, 0.717) is 10.5 Å². The van der Waals surface area contributed by atoms with Crippen LogP contribution >= 0.6 is 11.8 Å². The molecular weight excluding hydrogens is 286 g/mol. The fourth-order valence-electron chi connectivity index (χ4n) is 2.17. The predicted octanol–water partition coefficient (Wildman–Crippen LogP) is 5.83. The number of halogens is 2. The van der Waals surface area contributed by atoms with Crippen molar-refractivity contribution in [3.05, 3.63) is 77.9 Å². The molecule has 0 N–H and O–H groups in total. The van der Waals surface area contributed by atoms with Gasteiger partial charge in [0.15, 0.2) is 0 Å². The summed E-state index contributed by atoms with van der Waals surface area (Å²) in [7, 11) is 0. The van der Waals surface area contributed by atoms with E-state index in [9.17, 15) is 8.78 Å². The molecule has 21 heavy (non-hydrogen) atoms. The van der Waals surface area contributed by atoms with E-state index >= 15 is 0 Å².